The van der Waals surface area contributed by atoms with Gasteiger partial charge in [-0.25, -0.2) is 0 Å². The fourth-order valence-electron chi connectivity index (χ4n) is 3.45. The number of ether oxygens (including phenoxy) is 1. The number of hydrogen-bond donors (Lipinski definition) is 0. The number of amides is 1. The predicted octanol–water partition coefficient (Wildman–Crippen LogP) is 3.69. The van der Waals surface area contributed by atoms with Crippen LogP contribution in [-0.4, -0.2) is 40.6 Å². The molecule has 1 aliphatic rings. The van der Waals surface area contributed by atoms with E-state index in [0.29, 0.717) is 37.8 Å². The van der Waals surface area contributed by atoms with Crippen LogP contribution in [0.25, 0.3) is 11.4 Å². The second-order valence-electron chi connectivity index (χ2n) is 6.89. The van der Waals surface area contributed by atoms with Gasteiger partial charge in [0.05, 0.1) is 12.5 Å². The summed E-state index contributed by atoms with van der Waals surface area (Å²) >= 11 is 0. The van der Waals surface area contributed by atoms with Gasteiger partial charge in [0.1, 0.15) is 5.75 Å². The molecule has 1 atom stereocenters. The topological polar surface area (TPSA) is 68.5 Å². The van der Waals surface area contributed by atoms with E-state index in [1.54, 1.807) is 0 Å². The molecule has 4 rings (SSSR count). The van der Waals surface area contributed by atoms with E-state index in [9.17, 15) is 4.79 Å². The first-order valence-electron chi connectivity index (χ1n) is 9.61. The second-order valence-corrected chi connectivity index (χ2v) is 6.89. The summed E-state index contributed by atoms with van der Waals surface area (Å²) in [7, 11) is 0. The second kappa shape index (κ2) is 8.25. The first-order valence-corrected chi connectivity index (χ1v) is 9.61. The average molecular weight is 377 g/mol. The number of aromatic nitrogens is 2. The number of likely N-dealkylation sites (tertiary alicyclic amines) is 1. The van der Waals surface area contributed by atoms with Crippen LogP contribution in [0.2, 0.25) is 0 Å². The van der Waals surface area contributed by atoms with E-state index >= 15 is 0 Å². The summed E-state index contributed by atoms with van der Waals surface area (Å²) in [6.07, 6.45) is 1.26. The Balaban J connectivity index is 1.39. The van der Waals surface area contributed by atoms with Crippen LogP contribution in [0.15, 0.2) is 59.1 Å². The van der Waals surface area contributed by atoms with Crippen LogP contribution >= 0.6 is 0 Å². The summed E-state index contributed by atoms with van der Waals surface area (Å²) in [6, 6.07) is 17.8. The highest BCUT2D eigenvalue weighted by molar-refractivity contribution is 5.79. The minimum Gasteiger partial charge on any atom is -0.494 e. The quantitative estimate of drug-likeness (QED) is 0.628. The SMILES string of the molecule is CCOc1ccc(-c2noc(C3CC(=O)N(CCc4ccccc4)C3)n2)cc1. The Bertz CT molecular complexity index is 922. The van der Waals surface area contributed by atoms with Gasteiger partial charge in [0, 0.05) is 25.1 Å². The van der Waals surface area contributed by atoms with E-state index in [-0.39, 0.29) is 11.8 Å². The molecule has 6 heteroatoms. The van der Waals surface area contributed by atoms with Crippen molar-refractivity contribution >= 4 is 5.91 Å². The van der Waals surface area contributed by atoms with E-state index < -0.39 is 0 Å². The van der Waals surface area contributed by atoms with Crippen LogP contribution in [0.5, 0.6) is 5.75 Å². The Morgan fingerprint density at radius 3 is 2.68 bits per heavy atom. The van der Waals surface area contributed by atoms with E-state index in [4.69, 9.17) is 9.26 Å². The van der Waals surface area contributed by atoms with Gasteiger partial charge in [-0.1, -0.05) is 35.5 Å². The Morgan fingerprint density at radius 1 is 1.14 bits per heavy atom. The van der Waals surface area contributed by atoms with E-state index in [1.807, 2.05) is 54.3 Å². The molecule has 3 aromatic rings. The number of carbonyl (C=O) groups excluding carboxylic acids is 1. The standard InChI is InChI=1S/C22H23N3O3/c1-2-27-19-10-8-17(9-11-19)21-23-22(28-24-21)18-14-20(26)25(15-18)13-12-16-6-4-3-5-7-16/h3-11,18H,2,12-15H2,1H3. The molecule has 1 amide bonds. The van der Waals surface area contributed by atoms with Crippen molar-refractivity contribution in [1.82, 2.24) is 15.0 Å². The van der Waals surface area contributed by atoms with Gasteiger partial charge in [-0.2, -0.15) is 4.98 Å². The van der Waals surface area contributed by atoms with Gasteiger partial charge in [0.25, 0.3) is 0 Å². The van der Waals surface area contributed by atoms with Crippen molar-refractivity contribution in [2.45, 2.75) is 25.7 Å². The number of rotatable bonds is 7. The zero-order valence-electron chi connectivity index (χ0n) is 15.9. The fraction of sp³-hybridized carbons (Fsp3) is 0.318. The van der Waals surface area contributed by atoms with Crippen LogP contribution in [0, 0.1) is 0 Å². The molecule has 28 heavy (non-hydrogen) atoms. The van der Waals surface area contributed by atoms with E-state index in [1.165, 1.54) is 5.56 Å². The first-order chi connectivity index (χ1) is 13.7. The van der Waals surface area contributed by atoms with Crippen LogP contribution in [0.3, 0.4) is 0 Å². The van der Waals surface area contributed by atoms with Gasteiger partial charge in [-0.15, -0.1) is 0 Å². The van der Waals surface area contributed by atoms with Crippen molar-refractivity contribution in [3.05, 3.63) is 66.1 Å². The maximum atomic E-state index is 12.4. The third-order valence-electron chi connectivity index (χ3n) is 4.94. The molecule has 1 unspecified atom stereocenters. The molecule has 0 radical (unpaired) electrons. The summed E-state index contributed by atoms with van der Waals surface area (Å²) in [5.41, 5.74) is 2.10. The molecule has 0 spiro atoms. The van der Waals surface area contributed by atoms with Crippen LogP contribution in [-0.2, 0) is 11.2 Å². The molecule has 1 saturated heterocycles. The number of hydrogen-bond acceptors (Lipinski definition) is 5. The Hall–Kier alpha value is -3.15. The van der Waals surface area contributed by atoms with Gasteiger partial charge in [-0.3, -0.25) is 4.79 Å². The predicted molar refractivity (Wildman–Crippen MR) is 105 cm³/mol. The number of carbonyl (C=O) groups is 1. The summed E-state index contributed by atoms with van der Waals surface area (Å²) in [5, 5.41) is 4.09. The van der Waals surface area contributed by atoms with Gasteiger partial charge < -0.3 is 14.2 Å². The van der Waals surface area contributed by atoms with Crippen LogP contribution in [0.1, 0.15) is 30.7 Å². The highest BCUT2D eigenvalue weighted by Crippen LogP contribution is 2.29. The molecule has 0 N–H and O–H groups in total. The lowest BCUT2D eigenvalue weighted by Gasteiger charge is -2.15. The minimum absolute atomic E-state index is 0.0489. The molecule has 1 aliphatic heterocycles. The van der Waals surface area contributed by atoms with Crippen molar-refractivity contribution < 1.29 is 14.1 Å². The van der Waals surface area contributed by atoms with Crippen LogP contribution in [0.4, 0.5) is 0 Å². The van der Waals surface area contributed by atoms with Crippen molar-refractivity contribution in [3.8, 4) is 17.1 Å². The summed E-state index contributed by atoms with van der Waals surface area (Å²) in [5.74, 6) is 1.96. The highest BCUT2D eigenvalue weighted by Gasteiger charge is 2.34. The molecular weight excluding hydrogens is 354 g/mol. The number of nitrogens with zero attached hydrogens (tertiary/aromatic N) is 3. The summed E-state index contributed by atoms with van der Waals surface area (Å²) < 4.78 is 10.9. The highest BCUT2D eigenvalue weighted by atomic mass is 16.5. The van der Waals surface area contributed by atoms with E-state index in [0.717, 1.165) is 17.7 Å². The van der Waals surface area contributed by atoms with Crippen LogP contribution < -0.4 is 4.74 Å². The fourth-order valence-corrected chi connectivity index (χ4v) is 3.45. The zero-order chi connectivity index (χ0) is 19.3. The summed E-state index contributed by atoms with van der Waals surface area (Å²) in [6.45, 7) is 3.91. The Labute approximate surface area is 164 Å². The maximum absolute atomic E-state index is 12.4. The molecule has 0 bridgehead atoms. The van der Waals surface area contributed by atoms with Crippen molar-refractivity contribution in [3.63, 3.8) is 0 Å². The molecule has 2 aromatic carbocycles. The van der Waals surface area contributed by atoms with Crippen molar-refractivity contribution in [2.24, 2.45) is 0 Å². The monoisotopic (exact) mass is 377 g/mol. The normalized spacial score (nSPS) is 16.5. The van der Waals surface area contributed by atoms with Gasteiger partial charge in [0.15, 0.2) is 0 Å². The average Bonchev–Trinajstić information content (AvgIpc) is 3.35. The Kier molecular flexibility index (Phi) is 5.37. The van der Waals surface area contributed by atoms with Crippen molar-refractivity contribution in [1.29, 1.82) is 0 Å². The third kappa shape index (κ3) is 4.06. The van der Waals surface area contributed by atoms with Crippen molar-refractivity contribution in [2.75, 3.05) is 19.7 Å². The summed E-state index contributed by atoms with van der Waals surface area (Å²) in [4.78, 5) is 18.8. The molecule has 2 heterocycles. The molecule has 0 saturated carbocycles. The van der Waals surface area contributed by atoms with E-state index in [2.05, 4.69) is 22.3 Å². The molecule has 6 nitrogen and oxygen atoms in total. The largest absolute Gasteiger partial charge is 0.494 e. The smallest absolute Gasteiger partial charge is 0.232 e. The lowest BCUT2D eigenvalue weighted by Crippen LogP contribution is -2.27. The zero-order valence-corrected chi connectivity index (χ0v) is 15.9. The molecule has 144 valence electrons. The van der Waals surface area contributed by atoms with Gasteiger partial charge in [0.2, 0.25) is 17.6 Å². The third-order valence-corrected chi connectivity index (χ3v) is 4.94. The minimum atomic E-state index is -0.0489. The van der Waals surface area contributed by atoms with Gasteiger partial charge >= 0.3 is 0 Å². The first kappa shape index (κ1) is 18.2. The molecule has 1 aromatic heterocycles. The molecule has 0 aliphatic carbocycles. The Morgan fingerprint density at radius 2 is 1.93 bits per heavy atom. The molecule has 1 fully saturated rings. The van der Waals surface area contributed by atoms with Gasteiger partial charge in [-0.05, 0) is 43.2 Å². The lowest BCUT2D eigenvalue weighted by atomic mass is 10.1. The number of benzene rings is 2. The molecular formula is C22H23N3O3. The maximum Gasteiger partial charge on any atom is 0.232 e. The lowest BCUT2D eigenvalue weighted by molar-refractivity contribution is -0.127.